The van der Waals surface area contributed by atoms with Gasteiger partial charge < -0.3 is 67.1 Å². The lowest BCUT2D eigenvalue weighted by Crippen LogP contribution is -2.58. The van der Waals surface area contributed by atoms with Crippen molar-refractivity contribution in [1.82, 2.24) is 0 Å². The van der Waals surface area contributed by atoms with Crippen LogP contribution in [0.4, 0.5) is 0 Å². The van der Waals surface area contributed by atoms with Crippen molar-refractivity contribution >= 4 is 17.9 Å². The summed E-state index contributed by atoms with van der Waals surface area (Å²) < 4.78 is 75.4. The Morgan fingerprint density at radius 2 is 1.53 bits per heavy atom. The minimum absolute atomic E-state index is 0.00720. The first-order valence-electron chi connectivity index (χ1n) is 25.2. The zero-order chi connectivity index (χ0) is 50.8. The zero-order valence-corrected chi connectivity index (χ0v) is 43.0. The highest BCUT2D eigenvalue weighted by atomic mass is 16.7. The molecular weight excluding hydrogens is 909 g/mol. The summed E-state index contributed by atoms with van der Waals surface area (Å²) >= 11 is 0. The van der Waals surface area contributed by atoms with Gasteiger partial charge >= 0.3 is 17.9 Å². The number of allylic oxidation sites excluding steroid dienone is 2. The summed E-state index contributed by atoms with van der Waals surface area (Å²) in [7, 11) is 3.15. The number of carbonyl (C=O) groups is 3. The predicted octanol–water partition coefficient (Wildman–Crippen LogP) is 6.09. The van der Waals surface area contributed by atoms with Crippen LogP contribution in [0.3, 0.4) is 0 Å². The van der Waals surface area contributed by atoms with Gasteiger partial charge in [-0.3, -0.25) is 14.4 Å². The molecule has 0 amide bonds. The summed E-state index contributed by atoms with van der Waals surface area (Å²) in [6.45, 7) is 18.4. The van der Waals surface area contributed by atoms with Crippen molar-refractivity contribution in [3.63, 3.8) is 0 Å². The summed E-state index contributed by atoms with van der Waals surface area (Å²) in [6.07, 6.45) is 6.65. The molecule has 0 radical (unpaired) electrons. The zero-order valence-electron chi connectivity index (χ0n) is 43.0. The Kier molecular flexibility index (Phi) is 17.8. The van der Waals surface area contributed by atoms with Crippen LogP contribution >= 0.6 is 0 Å². The van der Waals surface area contributed by atoms with E-state index in [9.17, 15) is 24.6 Å². The van der Waals surface area contributed by atoms with Crippen LogP contribution in [0.1, 0.15) is 108 Å². The molecule has 7 rings (SSSR count). The monoisotopic (exact) mass is 987 g/mol. The molecule has 6 heterocycles. The van der Waals surface area contributed by atoms with Crippen molar-refractivity contribution in [1.29, 1.82) is 0 Å². The average molecular weight is 987 g/mol. The summed E-state index contributed by atoms with van der Waals surface area (Å²) in [6, 6.07) is 0. The lowest BCUT2D eigenvalue weighted by Gasteiger charge is -2.47. The van der Waals surface area contributed by atoms with E-state index in [1.807, 2.05) is 39.0 Å². The van der Waals surface area contributed by atoms with Crippen LogP contribution in [0.25, 0.3) is 0 Å². The number of aliphatic hydroxyl groups is 2. The first-order chi connectivity index (χ1) is 33.1. The van der Waals surface area contributed by atoms with Gasteiger partial charge in [-0.15, -0.1) is 0 Å². The number of hydrogen-bond donors (Lipinski definition) is 2. The number of methoxy groups -OCH3 is 2. The van der Waals surface area contributed by atoms with Crippen LogP contribution in [0.5, 0.6) is 0 Å². The maximum absolute atomic E-state index is 14.4. The molecule has 392 valence electrons. The first-order valence-corrected chi connectivity index (χ1v) is 25.2. The maximum Gasteiger partial charge on any atom is 0.316 e. The van der Waals surface area contributed by atoms with E-state index in [0.29, 0.717) is 36.3 Å². The highest BCUT2D eigenvalue weighted by Gasteiger charge is 2.60. The van der Waals surface area contributed by atoms with Gasteiger partial charge in [-0.05, 0) is 69.2 Å². The quantitative estimate of drug-likeness (QED) is 0.137. The molecule has 0 aromatic heterocycles. The highest BCUT2D eigenvalue weighted by Crippen LogP contribution is 2.47. The molecule has 17 nitrogen and oxygen atoms in total. The lowest BCUT2D eigenvalue weighted by molar-refractivity contribution is -0.324. The van der Waals surface area contributed by atoms with Gasteiger partial charge in [-0.1, -0.05) is 64.2 Å². The maximum atomic E-state index is 14.4. The molecule has 0 saturated carbocycles. The number of ether oxygens (including phenoxy) is 12. The van der Waals surface area contributed by atoms with Gasteiger partial charge in [-0.25, -0.2) is 0 Å². The molecule has 19 atom stereocenters. The van der Waals surface area contributed by atoms with Crippen LogP contribution in [0, 0.1) is 29.6 Å². The third-order valence-corrected chi connectivity index (χ3v) is 15.1. The van der Waals surface area contributed by atoms with Gasteiger partial charge in [0.2, 0.25) is 0 Å². The second kappa shape index (κ2) is 22.8. The minimum atomic E-state index is -1.86. The van der Waals surface area contributed by atoms with Crippen molar-refractivity contribution in [2.45, 2.75) is 205 Å². The number of aliphatic hydroxyl groups excluding tert-OH is 1. The Morgan fingerprint density at radius 3 is 2.20 bits per heavy atom. The van der Waals surface area contributed by atoms with Gasteiger partial charge in [0.05, 0.1) is 55.3 Å². The molecule has 0 unspecified atom stereocenters. The number of esters is 3. The van der Waals surface area contributed by atoms with Gasteiger partial charge in [0.15, 0.2) is 18.4 Å². The Labute approximate surface area is 413 Å². The molecule has 4 fully saturated rings. The predicted molar refractivity (Wildman–Crippen MR) is 252 cm³/mol. The minimum Gasteiger partial charge on any atom is -0.462 e. The molecule has 70 heavy (non-hydrogen) atoms. The SMILES string of the molecule is CO[C@H]1C[C@H](O[C@@H]2/C(C)=C/C[C@@H]3C[C@@H](C[C@]4(C=C[C@H](C)[C@@H](CC(C)C)O4)O3)OC(=O)[C@@H]3C=C(C)[C@@H](O)[C@H]4OC/C(=C\C=C\[C@@H]2C)[C@]43O)O[C@@H](C)[C@@H]1O[C@H]1C[C@H](OC)[C@@H](C(OC(C)=O)OC(C)=O)[C@H](C)O1. The molecule has 0 aromatic carbocycles. The van der Waals surface area contributed by atoms with Crippen molar-refractivity contribution < 1.29 is 81.4 Å². The Bertz CT molecular complexity index is 2000. The van der Waals surface area contributed by atoms with Crippen LogP contribution < -0.4 is 0 Å². The van der Waals surface area contributed by atoms with Crippen molar-refractivity contribution in [3.05, 3.63) is 59.3 Å². The third-order valence-electron chi connectivity index (χ3n) is 15.1. The summed E-state index contributed by atoms with van der Waals surface area (Å²) in [5.74, 6) is -4.41. The second-order valence-corrected chi connectivity index (χ2v) is 20.9. The molecule has 4 saturated heterocycles. The Morgan fingerprint density at radius 1 is 0.857 bits per heavy atom. The van der Waals surface area contributed by atoms with E-state index in [1.54, 1.807) is 33.1 Å². The fraction of sp³-hybridized carbons (Fsp3) is 0.755. The molecule has 7 aliphatic rings. The van der Waals surface area contributed by atoms with E-state index >= 15 is 0 Å². The largest absolute Gasteiger partial charge is 0.462 e. The normalized spacial score (nSPS) is 44.4. The van der Waals surface area contributed by atoms with Crippen LogP contribution in [-0.2, 0) is 71.2 Å². The smallest absolute Gasteiger partial charge is 0.316 e. The van der Waals surface area contributed by atoms with E-state index < -0.39 is 121 Å². The van der Waals surface area contributed by atoms with Crippen molar-refractivity contribution in [2.24, 2.45) is 29.6 Å². The molecule has 1 aliphatic carbocycles. The van der Waals surface area contributed by atoms with Crippen LogP contribution in [0.15, 0.2) is 59.3 Å². The van der Waals surface area contributed by atoms with Gasteiger partial charge in [0, 0.05) is 65.6 Å². The summed E-state index contributed by atoms with van der Waals surface area (Å²) in [4.78, 5) is 38.3. The highest BCUT2D eigenvalue weighted by molar-refractivity contribution is 5.78. The Hall–Kier alpha value is -3.33. The Balaban J connectivity index is 1.14. The van der Waals surface area contributed by atoms with E-state index in [-0.39, 0.29) is 37.4 Å². The number of rotatable bonds is 11. The van der Waals surface area contributed by atoms with Crippen molar-refractivity contribution in [2.75, 3.05) is 20.8 Å². The summed E-state index contributed by atoms with van der Waals surface area (Å²) in [5, 5.41) is 23.8. The van der Waals surface area contributed by atoms with E-state index in [0.717, 1.165) is 12.0 Å². The number of fused-ring (bicyclic) bond motifs is 2. The third kappa shape index (κ3) is 12.0. The van der Waals surface area contributed by atoms with Crippen LogP contribution in [0.2, 0.25) is 0 Å². The second-order valence-electron chi connectivity index (χ2n) is 20.9. The van der Waals surface area contributed by atoms with Gasteiger partial charge in [0.25, 0.3) is 6.29 Å². The van der Waals surface area contributed by atoms with E-state index in [1.165, 1.54) is 21.0 Å². The number of carbonyl (C=O) groups excluding carboxylic acids is 3. The summed E-state index contributed by atoms with van der Waals surface area (Å²) in [5.41, 5.74) is 0.0296. The lowest BCUT2D eigenvalue weighted by atomic mass is 9.71. The average Bonchev–Trinajstić information content (AvgIpc) is 3.62. The van der Waals surface area contributed by atoms with Crippen molar-refractivity contribution in [3.8, 4) is 0 Å². The fourth-order valence-corrected chi connectivity index (χ4v) is 11.4. The molecule has 1 spiro atoms. The standard InChI is InChI=1S/C53H78O17/c1-27(2)20-40-28(3)18-19-52(70-40)25-38-22-37(69-52)17-16-30(5)47(29(4)14-13-15-36-26-61-49-46(56)31(6)21-39(50(57)66-38)53(36,49)58)67-44-24-42(60-12)48(33(8)63-44)68-43-23-41(59-11)45(32(7)62-43)51(64-34(9)54)65-35(10)55/h13-16,18-19,21,27-29,32-33,37-49,51,56,58H,17,20,22-26H2,1-12H3/b14-13+,30-16+,36-15+/t28-,29-,32-,33-,37+,38-,39-,40+,41-,42-,43-,44-,45-,46+,47-,48-,49+,52+,53+/m0/s1. The topological polar surface area (TPSA) is 202 Å². The van der Waals surface area contributed by atoms with Gasteiger partial charge in [0.1, 0.15) is 35.9 Å². The molecular formula is C53H78O17. The fourth-order valence-electron chi connectivity index (χ4n) is 11.4. The van der Waals surface area contributed by atoms with E-state index in [2.05, 4.69) is 32.9 Å². The molecule has 2 N–H and O–H groups in total. The molecule has 17 heteroatoms. The van der Waals surface area contributed by atoms with E-state index in [4.69, 9.17) is 56.8 Å². The van der Waals surface area contributed by atoms with Crippen LogP contribution in [-0.4, -0.2) is 146 Å². The molecule has 2 bridgehead atoms. The molecule has 6 aliphatic heterocycles. The first kappa shape index (κ1) is 54.4. The van der Waals surface area contributed by atoms with Gasteiger partial charge in [-0.2, -0.15) is 0 Å². The number of hydrogen-bond acceptors (Lipinski definition) is 17. The molecule has 0 aromatic rings.